The van der Waals surface area contributed by atoms with Crippen LogP contribution in [0.3, 0.4) is 0 Å². The number of likely N-dealkylation sites (tertiary alicyclic amines) is 1. The fraction of sp³-hybridized carbons (Fsp3) is 0.556. The summed E-state index contributed by atoms with van der Waals surface area (Å²) in [6.07, 6.45) is 5.99. The number of amides is 2. The molecule has 1 aliphatic heterocycles. The molecule has 3 atom stereocenters. The topological polar surface area (TPSA) is 75.9 Å². The maximum absolute atomic E-state index is 12.8. The number of piperidine rings is 1. The largest absolute Gasteiger partial charge is 0.328 e. The molecule has 1 N–H and O–H groups in total. The maximum atomic E-state index is 12.8. The first-order chi connectivity index (χ1) is 12.2. The second kappa shape index (κ2) is 6.82. The molecule has 1 aliphatic carbocycles. The van der Waals surface area contributed by atoms with Crippen LogP contribution in [0.15, 0.2) is 30.3 Å². The lowest BCUT2D eigenvalue weighted by molar-refractivity contribution is 0.126. The van der Waals surface area contributed by atoms with Crippen molar-refractivity contribution in [3.8, 4) is 5.69 Å². The number of nitrogens with zero attached hydrogens (tertiary/aromatic N) is 5. The molecular weight excluding hydrogens is 316 g/mol. The van der Waals surface area contributed by atoms with Gasteiger partial charge in [0.2, 0.25) is 0 Å². The van der Waals surface area contributed by atoms with Crippen molar-refractivity contribution in [3.63, 3.8) is 0 Å². The van der Waals surface area contributed by atoms with Gasteiger partial charge >= 0.3 is 6.03 Å². The number of hydrogen-bond acceptors (Lipinski definition) is 4. The number of benzene rings is 1. The van der Waals surface area contributed by atoms with Crippen LogP contribution in [0.2, 0.25) is 0 Å². The van der Waals surface area contributed by atoms with Gasteiger partial charge in [-0.2, -0.15) is 4.68 Å². The van der Waals surface area contributed by atoms with Gasteiger partial charge in [-0.05, 0) is 61.1 Å². The van der Waals surface area contributed by atoms with Crippen molar-refractivity contribution >= 4 is 6.03 Å². The Morgan fingerprint density at radius 1 is 1.20 bits per heavy atom. The highest BCUT2D eigenvalue weighted by molar-refractivity contribution is 5.75. The van der Waals surface area contributed by atoms with E-state index < -0.39 is 0 Å². The highest BCUT2D eigenvalue weighted by Crippen LogP contribution is 2.36. The highest BCUT2D eigenvalue weighted by atomic mass is 16.2. The van der Waals surface area contributed by atoms with Gasteiger partial charge in [-0.25, -0.2) is 4.79 Å². The Labute approximate surface area is 147 Å². The summed E-state index contributed by atoms with van der Waals surface area (Å²) in [7, 11) is 0. The zero-order valence-corrected chi connectivity index (χ0v) is 14.5. The third-order valence-corrected chi connectivity index (χ3v) is 5.48. The van der Waals surface area contributed by atoms with E-state index in [9.17, 15) is 4.79 Å². The van der Waals surface area contributed by atoms with Crippen molar-refractivity contribution in [1.82, 2.24) is 30.4 Å². The average molecular weight is 340 g/mol. The third-order valence-electron chi connectivity index (χ3n) is 5.48. The second-order valence-corrected chi connectivity index (χ2v) is 7.05. The number of fused-ring (bicyclic) bond motifs is 1. The van der Waals surface area contributed by atoms with E-state index in [1.807, 2.05) is 42.2 Å². The molecule has 1 aromatic heterocycles. The molecule has 2 heterocycles. The molecule has 2 aliphatic rings. The maximum Gasteiger partial charge on any atom is 0.318 e. The molecule has 1 saturated carbocycles. The Morgan fingerprint density at radius 3 is 2.84 bits per heavy atom. The summed E-state index contributed by atoms with van der Waals surface area (Å²) in [6.45, 7) is 2.78. The number of para-hydroxylation sites is 1. The summed E-state index contributed by atoms with van der Waals surface area (Å²) in [6, 6.07) is 9.88. The molecule has 0 bridgehead atoms. The molecule has 7 heteroatoms. The van der Waals surface area contributed by atoms with Crippen molar-refractivity contribution < 1.29 is 4.79 Å². The summed E-state index contributed by atoms with van der Waals surface area (Å²) in [5, 5.41) is 15.1. The van der Waals surface area contributed by atoms with Crippen molar-refractivity contribution in [2.45, 2.75) is 51.1 Å². The van der Waals surface area contributed by atoms with Crippen molar-refractivity contribution in [1.29, 1.82) is 0 Å². The lowest BCUT2D eigenvalue weighted by Crippen LogP contribution is -2.51. The molecular formula is C18H24N6O. The second-order valence-electron chi connectivity index (χ2n) is 7.05. The SMILES string of the molecule is C[C@H](NC(=O)N1CCC[C@H]2CCC[C@@H]21)c1nnnn1-c1ccccc1. The van der Waals surface area contributed by atoms with Crippen molar-refractivity contribution in [2.75, 3.05) is 6.54 Å². The molecule has 132 valence electrons. The summed E-state index contributed by atoms with van der Waals surface area (Å²) < 4.78 is 1.68. The highest BCUT2D eigenvalue weighted by Gasteiger charge is 2.37. The number of carbonyl (C=O) groups excluding carboxylic acids is 1. The van der Waals surface area contributed by atoms with E-state index in [-0.39, 0.29) is 12.1 Å². The zero-order valence-electron chi connectivity index (χ0n) is 14.5. The number of tetrazole rings is 1. The van der Waals surface area contributed by atoms with Gasteiger partial charge in [0.05, 0.1) is 11.7 Å². The van der Waals surface area contributed by atoms with E-state index in [0.29, 0.717) is 17.8 Å². The van der Waals surface area contributed by atoms with Crippen molar-refractivity contribution in [2.24, 2.45) is 5.92 Å². The van der Waals surface area contributed by atoms with E-state index in [1.165, 1.54) is 19.3 Å². The number of nitrogens with one attached hydrogen (secondary N) is 1. The molecule has 2 aromatic rings. The quantitative estimate of drug-likeness (QED) is 0.932. The molecule has 0 unspecified atom stereocenters. The number of carbonyl (C=O) groups is 1. The molecule has 1 saturated heterocycles. The molecule has 1 aromatic carbocycles. The Hall–Kier alpha value is -2.44. The molecule has 4 rings (SSSR count). The molecule has 2 amide bonds. The van der Waals surface area contributed by atoms with Crippen LogP contribution in [-0.2, 0) is 0 Å². The molecule has 2 fully saturated rings. The van der Waals surface area contributed by atoms with Gasteiger partial charge in [-0.15, -0.1) is 5.10 Å². The van der Waals surface area contributed by atoms with Crippen LogP contribution in [0.4, 0.5) is 4.79 Å². The first-order valence-electron chi connectivity index (χ1n) is 9.15. The monoisotopic (exact) mass is 340 g/mol. The Bertz CT molecular complexity index is 730. The Morgan fingerprint density at radius 2 is 2.00 bits per heavy atom. The van der Waals surface area contributed by atoms with E-state index in [1.54, 1.807) is 4.68 Å². The summed E-state index contributed by atoms with van der Waals surface area (Å²) in [5.74, 6) is 1.32. The lowest BCUT2D eigenvalue weighted by Gasteiger charge is -2.38. The van der Waals surface area contributed by atoms with Crippen LogP contribution in [0, 0.1) is 5.92 Å². The first-order valence-corrected chi connectivity index (χ1v) is 9.15. The van der Waals surface area contributed by atoms with Gasteiger partial charge in [0.1, 0.15) is 0 Å². The lowest BCUT2D eigenvalue weighted by atomic mass is 9.92. The van der Waals surface area contributed by atoms with Crippen LogP contribution in [-0.4, -0.2) is 43.7 Å². The standard InChI is InChI=1S/C18H24N6O/c1-13(17-20-21-22-24(17)15-9-3-2-4-10-15)19-18(25)23-12-6-8-14-7-5-11-16(14)23/h2-4,9-10,13-14,16H,5-8,11-12H2,1H3,(H,19,25)/t13-,14+,16-/m0/s1. The minimum atomic E-state index is -0.260. The van der Waals surface area contributed by atoms with Gasteiger partial charge in [-0.3, -0.25) is 0 Å². The molecule has 0 spiro atoms. The normalized spacial score (nSPS) is 24.0. The predicted molar refractivity (Wildman–Crippen MR) is 93.2 cm³/mol. The molecule has 25 heavy (non-hydrogen) atoms. The van der Waals surface area contributed by atoms with E-state index in [2.05, 4.69) is 20.8 Å². The van der Waals surface area contributed by atoms with Gasteiger partial charge < -0.3 is 10.2 Å². The fourth-order valence-corrected chi connectivity index (χ4v) is 4.26. The van der Waals surface area contributed by atoms with Gasteiger partial charge in [0.25, 0.3) is 0 Å². The molecule has 0 radical (unpaired) electrons. The van der Waals surface area contributed by atoms with Crippen LogP contribution in [0.1, 0.15) is 50.9 Å². The van der Waals surface area contributed by atoms with Crippen LogP contribution in [0.5, 0.6) is 0 Å². The van der Waals surface area contributed by atoms with Crippen LogP contribution in [0.25, 0.3) is 5.69 Å². The van der Waals surface area contributed by atoms with Gasteiger partial charge in [0, 0.05) is 12.6 Å². The number of rotatable bonds is 3. The predicted octanol–water partition coefficient (Wildman–Crippen LogP) is 2.70. The third kappa shape index (κ3) is 3.10. The fourth-order valence-electron chi connectivity index (χ4n) is 4.26. The van der Waals surface area contributed by atoms with Gasteiger partial charge in [-0.1, -0.05) is 24.6 Å². The van der Waals surface area contributed by atoms with Crippen molar-refractivity contribution in [3.05, 3.63) is 36.2 Å². The average Bonchev–Trinajstić information content (AvgIpc) is 3.31. The zero-order chi connectivity index (χ0) is 17.2. The Kier molecular flexibility index (Phi) is 4.38. The van der Waals surface area contributed by atoms with E-state index in [4.69, 9.17) is 0 Å². The summed E-state index contributed by atoms with van der Waals surface area (Å²) in [5.41, 5.74) is 0.887. The summed E-state index contributed by atoms with van der Waals surface area (Å²) in [4.78, 5) is 14.9. The summed E-state index contributed by atoms with van der Waals surface area (Å²) >= 11 is 0. The Balaban J connectivity index is 1.48. The smallest absolute Gasteiger partial charge is 0.318 e. The minimum Gasteiger partial charge on any atom is -0.328 e. The van der Waals surface area contributed by atoms with Gasteiger partial charge in [0.15, 0.2) is 5.82 Å². The molecule has 7 nitrogen and oxygen atoms in total. The van der Waals surface area contributed by atoms with Crippen LogP contribution >= 0.6 is 0 Å². The number of urea groups is 1. The van der Waals surface area contributed by atoms with E-state index in [0.717, 1.165) is 25.1 Å². The number of aromatic nitrogens is 4. The number of hydrogen-bond donors (Lipinski definition) is 1. The minimum absolute atomic E-state index is 0.00621. The first kappa shape index (κ1) is 16.1. The van der Waals surface area contributed by atoms with Crippen LogP contribution < -0.4 is 5.32 Å². The van der Waals surface area contributed by atoms with E-state index >= 15 is 0 Å².